The second-order valence-electron chi connectivity index (χ2n) is 8.99. The van der Waals surface area contributed by atoms with Crippen molar-refractivity contribution in [1.29, 1.82) is 0 Å². The highest BCUT2D eigenvalue weighted by Crippen LogP contribution is 2.26. The Morgan fingerprint density at radius 2 is 1.39 bits per heavy atom. The Bertz CT molecular complexity index is 1280. The van der Waals surface area contributed by atoms with Gasteiger partial charge in [-0.2, -0.15) is 0 Å². The highest BCUT2D eigenvalue weighted by molar-refractivity contribution is 7.86. The molecule has 6 heteroatoms. The van der Waals surface area contributed by atoms with Crippen molar-refractivity contribution in [3.05, 3.63) is 125 Å². The van der Waals surface area contributed by atoms with Crippen molar-refractivity contribution in [3.8, 4) is 0 Å². The summed E-state index contributed by atoms with van der Waals surface area (Å²) in [5, 5.41) is 0.698. The molecule has 1 fully saturated rings. The van der Waals surface area contributed by atoms with Gasteiger partial charge in [0.1, 0.15) is 0 Å². The van der Waals surface area contributed by atoms with E-state index in [1.165, 1.54) is 11.3 Å². The van der Waals surface area contributed by atoms with Gasteiger partial charge in [-0.1, -0.05) is 72.3 Å². The fourth-order valence-electron chi connectivity index (χ4n) is 4.54. The molecule has 1 saturated heterocycles. The summed E-state index contributed by atoms with van der Waals surface area (Å²) >= 11 is 6.10. The van der Waals surface area contributed by atoms with Crippen LogP contribution in [0, 0.1) is 0 Å². The number of anilines is 2. The largest absolute Gasteiger partial charge is 0.369 e. The summed E-state index contributed by atoms with van der Waals surface area (Å²) in [7, 11) is -1.34. The van der Waals surface area contributed by atoms with Crippen LogP contribution in [0.25, 0.3) is 0 Å². The highest BCUT2D eigenvalue weighted by atomic mass is 35.5. The van der Waals surface area contributed by atoms with E-state index in [4.69, 9.17) is 11.6 Å². The van der Waals surface area contributed by atoms with Gasteiger partial charge < -0.3 is 4.90 Å². The Morgan fingerprint density at radius 3 is 2.08 bits per heavy atom. The second kappa shape index (κ2) is 11.7. The van der Waals surface area contributed by atoms with E-state index in [2.05, 4.69) is 58.3 Å². The molecular weight excluding hydrogens is 486 g/mol. The molecule has 1 unspecified atom stereocenters. The molecule has 4 aromatic carbocycles. The third kappa shape index (κ3) is 6.16. The second-order valence-corrected chi connectivity index (χ2v) is 10.8. The first-order chi connectivity index (χ1) is 17.7. The van der Waals surface area contributed by atoms with Crippen LogP contribution in [0.1, 0.15) is 11.1 Å². The van der Waals surface area contributed by atoms with Crippen LogP contribution in [0.5, 0.6) is 0 Å². The summed E-state index contributed by atoms with van der Waals surface area (Å²) in [5.74, 6) is 0. The minimum atomic E-state index is -1.34. The molecule has 1 aliphatic rings. The lowest BCUT2D eigenvalue weighted by Gasteiger charge is -2.36. The first-order valence-electron chi connectivity index (χ1n) is 12.3. The van der Waals surface area contributed by atoms with E-state index in [0.29, 0.717) is 11.6 Å². The van der Waals surface area contributed by atoms with E-state index in [1.54, 1.807) is 0 Å². The molecule has 0 spiro atoms. The molecule has 1 aliphatic heterocycles. The van der Waals surface area contributed by atoms with Gasteiger partial charge in [0.2, 0.25) is 0 Å². The maximum Gasteiger partial charge on any atom is 0.153 e. The third-order valence-corrected chi connectivity index (χ3v) is 8.15. The smallest absolute Gasteiger partial charge is 0.153 e. The Morgan fingerprint density at radius 1 is 0.722 bits per heavy atom. The summed E-state index contributed by atoms with van der Waals surface area (Å²) in [5.41, 5.74) is 4.53. The molecular formula is C30H30ClN3OS. The van der Waals surface area contributed by atoms with Crippen molar-refractivity contribution >= 4 is 34.0 Å². The van der Waals surface area contributed by atoms with Crippen LogP contribution < -0.4 is 9.21 Å². The molecule has 0 radical (unpaired) electrons. The molecule has 5 rings (SSSR count). The number of para-hydroxylation sites is 1. The molecule has 4 aromatic rings. The van der Waals surface area contributed by atoms with Crippen LogP contribution in [0.2, 0.25) is 5.02 Å². The van der Waals surface area contributed by atoms with E-state index < -0.39 is 11.0 Å². The SMILES string of the molecule is O=S(c1ccccc1)N(Cc1ccc(Cl)cc1)c1cccc(CN2CCN(c3ccccc3)CC2)c1. The van der Waals surface area contributed by atoms with E-state index in [9.17, 15) is 4.21 Å². The molecule has 0 saturated carbocycles. The molecule has 0 aromatic heterocycles. The van der Waals surface area contributed by atoms with Gasteiger partial charge in [-0.15, -0.1) is 0 Å². The van der Waals surface area contributed by atoms with Crippen molar-refractivity contribution in [1.82, 2.24) is 4.90 Å². The number of nitrogens with zero attached hydrogens (tertiary/aromatic N) is 3. The lowest BCUT2D eigenvalue weighted by Crippen LogP contribution is -2.45. The average Bonchev–Trinajstić information content (AvgIpc) is 2.94. The van der Waals surface area contributed by atoms with Crippen molar-refractivity contribution in [2.45, 2.75) is 18.0 Å². The topological polar surface area (TPSA) is 26.8 Å². The predicted octanol–water partition coefficient (Wildman–Crippen LogP) is 6.39. The number of hydrogen-bond donors (Lipinski definition) is 0. The van der Waals surface area contributed by atoms with Crippen LogP contribution in [0.15, 0.2) is 114 Å². The first kappa shape index (κ1) is 24.6. The zero-order valence-corrected chi connectivity index (χ0v) is 21.7. The van der Waals surface area contributed by atoms with Gasteiger partial charge in [-0.3, -0.25) is 9.21 Å². The Balaban J connectivity index is 1.32. The predicted molar refractivity (Wildman–Crippen MR) is 151 cm³/mol. The summed E-state index contributed by atoms with van der Waals surface area (Å²) in [4.78, 5) is 5.73. The minimum absolute atomic E-state index is 0.526. The van der Waals surface area contributed by atoms with Gasteiger partial charge >= 0.3 is 0 Å². The molecule has 0 N–H and O–H groups in total. The summed E-state index contributed by atoms with van der Waals surface area (Å²) in [6, 6.07) is 36.5. The fourth-order valence-corrected chi connectivity index (χ4v) is 5.88. The van der Waals surface area contributed by atoms with E-state index in [-0.39, 0.29) is 0 Å². The van der Waals surface area contributed by atoms with Gasteiger partial charge in [0, 0.05) is 43.4 Å². The van der Waals surface area contributed by atoms with Crippen LogP contribution in [-0.4, -0.2) is 35.3 Å². The number of halogens is 1. The van der Waals surface area contributed by atoms with Gasteiger partial charge in [0.15, 0.2) is 11.0 Å². The lowest BCUT2D eigenvalue weighted by atomic mass is 10.1. The van der Waals surface area contributed by atoms with E-state index >= 15 is 0 Å². The lowest BCUT2D eigenvalue weighted by molar-refractivity contribution is 0.250. The van der Waals surface area contributed by atoms with Crippen LogP contribution in [-0.2, 0) is 24.1 Å². The van der Waals surface area contributed by atoms with Crippen molar-refractivity contribution in [2.75, 3.05) is 35.4 Å². The van der Waals surface area contributed by atoms with Gasteiger partial charge in [-0.05, 0) is 59.7 Å². The van der Waals surface area contributed by atoms with Crippen molar-refractivity contribution in [2.24, 2.45) is 0 Å². The highest BCUT2D eigenvalue weighted by Gasteiger charge is 2.20. The molecule has 1 atom stereocenters. The fraction of sp³-hybridized carbons (Fsp3) is 0.200. The van der Waals surface area contributed by atoms with Crippen LogP contribution in [0.3, 0.4) is 0 Å². The molecule has 1 heterocycles. The van der Waals surface area contributed by atoms with Crippen LogP contribution in [0.4, 0.5) is 11.4 Å². The molecule has 36 heavy (non-hydrogen) atoms. The first-order valence-corrected chi connectivity index (χ1v) is 13.7. The Kier molecular flexibility index (Phi) is 8.01. The van der Waals surface area contributed by atoms with Crippen molar-refractivity contribution < 1.29 is 4.21 Å². The zero-order chi connectivity index (χ0) is 24.7. The Labute approximate surface area is 221 Å². The van der Waals surface area contributed by atoms with Gasteiger partial charge in [0.05, 0.1) is 17.1 Å². The quantitative estimate of drug-likeness (QED) is 0.272. The minimum Gasteiger partial charge on any atom is -0.369 e. The summed E-state index contributed by atoms with van der Waals surface area (Å²) in [6.07, 6.45) is 0. The number of benzene rings is 4. The number of piperazine rings is 1. The van der Waals surface area contributed by atoms with Crippen molar-refractivity contribution in [3.63, 3.8) is 0 Å². The summed E-state index contributed by atoms with van der Waals surface area (Å²) in [6.45, 7) is 5.48. The maximum atomic E-state index is 13.7. The van der Waals surface area contributed by atoms with Crippen LogP contribution >= 0.6 is 11.6 Å². The average molecular weight is 516 g/mol. The van der Waals surface area contributed by atoms with Gasteiger partial charge in [-0.25, -0.2) is 4.21 Å². The molecule has 184 valence electrons. The molecule has 0 bridgehead atoms. The molecule has 4 nitrogen and oxygen atoms in total. The monoisotopic (exact) mass is 515 g/mol. The number of hydrogen-bond acceptors (Lipinski definition) is 3. The van der Waals surface area contributed by atoms with E-state index in [0.717, 1.165) is 48.9 Å². The third-order valence-electron chi connectivity index (χ3n) is 6.48. The van der Waals surface area contributed by atoms with Gasteiger partial charge in [0.25, 0.3) is 0 Å². The summed E-state index contributed by atoms with van der Waals surface area (Å²) < 4.78 is 15.7. The molecule has 0 amide bonds. The standard InChI is InChI=1S/C30H30ClN3OS/c31-27-16-14-25(15-17-27)24-34(36(35)30-12-5-2-6-13-30)29-11-7-8-26(22-29)23-32-18-20-33(21-19-32)28-9-3-1-4-10-28/h1-17,22H,18-21,23-24H2. The maximum absolute atomic E-state index is 13.7. The zero-order valence-electron chi connectivity index (χ0n) is 20.2. The van der Waals surface area contributed by atoms with E-state index in [1.807, 2.05) is 65.0 Å². The normalized spacial score (nSPS) is 15.0. The number of rotatable bonds is 8. The Hall–Kier alpha value is -3.12. The molecule has 0 aliphatic carbocycles.